The van der Waals surface area contributed by atoms with Crippen molar-refractivity contribution >= 4 is 45.7 Å². The number of piperazine rings is 1. The maximum absolute atomic E-state index is 13.3. The van der Waals surface area contributed by atoms with E-state index in [1.807, 2.05) is 17.2 Å². The van der Waals surface area contributed by atoms with Crippen LogP contribution in [0.1, 0.15) is 64.8 Å². The standard InChI is InChI=1S/C33H37N7O4/c41-30-6-2-14-40(30)15-3-12-35-31(42)23-9-10-29(26(20-23)36-32(43)27-21-44-33(37-27)22-7-8-22)39-18-16-38(17-19-39)28-5-1-4-25-24(28)11-13-34-25/h1,4-5,9-11,13,20-22,34H,2-3,6-8,12,14-19H2,(H,35,42)(H,36,43). The molecule has 2 aromatic carbocycles. The van der Waals surface area contributed by atoms with Gasteiger partial charge in [-0.3, -0.25) is 14.4 Å². The number of aromatic nitrogens is 2. The highest BCUT2D eigenvalue weighted by molar-refractivity contribution is 6.06. The van der Waals surface area contributed by atoms with E-state index in [2.05, 4.69) is 54.7 Å². The van der Waals surface area contributed by atoms with Crippen molar-refractivity contribution in [3.05, 3.63) is 72.1 Å². The summed E-state index contributed by atoms with van der Waals surface area (Å²) in [6.07, 6.45) is 7.64. The lowest BCUT2D eigenvalue weighted by Crippen LogP contribution is -2.46. The van der Waals surface area contributed by atoms with Gasteiger partial charge in [0.2, 0.25) is 5.91 Å². The molecule has 4 heterocycles. The monoisotopic (exact) mass is 595 g/mol. The predicted octanol–water partition coefficient (Wildman–Crippen LogP) is 4.35. The van der Waals surface area contributed by atoms with E-state index in [9.17, 15) is 14.4 Å². The third-order valence-electron chi connectivity index (χ3n) is 8.78. The van der Waals surface area contributed by atoms with Crippen LogP contribution in [0.4, 0.5) is 17.1 Å². The van der Waals surface area contributed by atoms with Gasteiger partial charge in [0, 0.05) is 86.5 Å². The summed E-state index contributed by atoms with van der Waals surface area (Å²) < 4.78 is 5.55. The Morgan fingerprint density at radius 2 is 1.80 bits per heavy atom. The molecule has 3 N–H and O–H groups in total. The predicted molar refractivity (Wildman–Crippen MR) is 168 cm³/mol. The summed E-state index contributed by atoms with van der Waals surface area (Å²) in [6.45, 7) is 5.03. The fourth-order valence-electron chi connectivity index (χ4n) is 6.20. The van der Waals surface area contributed by atoms with Crippen LogP contribution in [0.25, 0.3) is 10.9 Å². The van der Waals surface area contributed by atoms with Crippen molar-refractivity contribution in [1.29, 1.82) is 0 Å². The SMILES string of the molecule is O=C(NCCCN1CCCC1=O)c1ccc(N2CCN(c3cccc4[nH]ccc34)CC2)c(NC(=O)c2coc(C3CC3)n2)c1. The number of H-pyrrole nitrogens is 1. The first-order valence-corrected chi connectivity index (χ1v) is 15.6. The van der Waals surface area contributed by atoms with Crippen molar-refractivity contribution < 1.29 is 18.8 Å². The smallest absolute Gasteiger partial charge is 0.277 e. The summed E-state index contributed by atoms with van der Waals surface area (Å²) in [5, 5.41) is 7.19. The highest BCUT2D eigenvalue weighted by Gasteiger charge is 2.30. The number of nitrogens with zero attached hydrogens (tertiary/aromatic N) is 4. The molecule has 1 aliphatic carbocycles. The summed E-state index contributed by atoms with van der Waals surface area (Å²) in [5.74, 6) is 0.504. The maximum Gasteiger partial charge on any atom is 0.277 e. The molecule has 2 aromatic heterocycles. The Bertz CT molecular complexity index is 1680. The molecular weight excluding hydrogens is 558 g/mol. The maximum atomic E-state index is 13.3. The zero-order chi connectivity index (χ0) is 30.0. The van der Waals surface area contributed by atoms with Gasteiger partial charge in [-0.25, -0.2) is 4.98 Å². The molecule has 3 fully saturated rings. The van der Waals surface area contributed by atoms with Gasteiger partial charge in [0.15, 0.2) is 11.6 Å². The van der Waals surface area contributed by atoms with Gasteiger partial charge < -0.3 is 34.7 Å². The zero-order valence-corrected chi connectivity index (χ0v) is 24.7. The average molecular weight is 596 g/mol. The molecule has 0 spiro atoms. The molecular formula is C33H37N7O4. The molecule has 3 amide bonds. The van der Waals surface area contributed by atoms with Crippen LogP contribution in [-0.4, -0.2) is 78.4 Å². The molecule has 228 valence electrons. The topological polar surface area (TPSA) is 127 Å². The number of fused-ring (bicyclic) bond motifs is 1. The lowest BCUT2D eigenvalue weighted by Gasteiger charge is -2.38. The van der Waals surface area contributed by atoms with Crippen LogP contribution in [0.3, 0.4) is 0 Å². The number of aromatic amines is 1. The lowest BCUT2D eigenvalue weighted by atomic mass is 10.1. The van der Waals surface area contributed by atoms with E-state index in [1.54, 1.807) is 12.1 Å². The number of rotatable bonds is 10. The summed E-state index contributed by atoms with van der Waals surface area (Å²) in [5.41, 5.74) is 4.42. The van der Waals surface area contributed by atoms with Crippen molar-refractivity contribution in [2.45, 2.75) is 38.0 Å². The first kappa shape index (κ1) is 28.0. The molecule has 0 atom stereocenters. The van der Waals surface area contributed by atoms with Crippen molar-refractivity contribution in [2.75, 3.05) is 60.9 Å². The Morgan fingerprint density at radius 1 is 0.977 bits per heavy atom. The van der Waals surface area contributed by atoms with Crippen LogP contribution in [0, 0.1) is 0 Å². The number of amides is 3. The second-order valence-electron chi connectivity index (χ2n) is 11.8. The van der Waals surface area contributed by atoms with Gasteiger partial charge in [-0.1, -0.05) is 6.07 Å². The Labute approximate surface area is 255 Å². The van der Waals surface area contributed by atoms with Crippen molar-refractivity contribution in [3.63, 3.8) is 0 Å². The van der Waals surface area contributed by atoms with E-state index in [4.69, 9.17) is 4.42 Å². The minimum Gasteiger partial charge on any atom is -0.448 e. The molecule has 0 bridgehead atoms. The van der Waals surface area contributed by atoms with E-state index in [1.165, 1.54) is 17.3 Å². The number of hydrogen-bond acceptors (Lipinski definition) is 7. The molecule has 44 heavy (non-hydrogen) atoms. The molecule has 0 unspecified atom stereocenters. The molecule has 0 radical (unpaired) electrons. The molecule has 11 heteroatoms. The van der Waals surface area contributed by atoms with Crippen molar-refractivity contribution in [2.24, 2.45) is 0 Å². The second kappa shape index (κ2) is 12.1. The van der Waals surface area contributed by atoms with Crippen molar-refractivity contribution in [1.82, 2.24) is 20.2 Å². The number of benzene rings is 2. The van der Waals surface area contributed by atoms with Crippen LogP contribution in [-0.2, 0) is 4.79 Å². The first-order valence-electron chi connectivity index (χ1n) is 15.6. The van der Waals surface area contributed by atoms with Crippen molar-refractivity contribution in [3.8, 4) is 0 Å². The Kier molecular flexibility index (Phi) is 7.68. The van der Waals surface area contributed by atoms with Crippen LogP contribution >= 0.6 is 0 Å². The van der Waals surface area contributed by atoms with Gasteiger partial charge >= 0.3 is 0 Å². The van der Waals surface area contributed by atoms with Gasteiger partial charge in [-0.2, -0.15) is 0 Å². The van der Waals surface area contributed by atoms with Crippen LogP contribution in [0.15, 0.2) is 59.3 Å². The number of nitrogens with one attached hydrogen (secondary N) is 3. The molecule has 7 rings (SSSR count). The highest BCUT2D eigenvalue weighted by Crippen LogP contribution is 2.39. The fourth-order valence-corrected chi connectivity index (χ4v) is 6.20. The number of hydrogen-bond donors (Lipinski definition) is 3. The quantitative estimate of drug-likeness (QED) is 0.233. The summed E-state index contributed by atoms with van der Waals surface area (Å²) >= 11 is 0. The number of carbonyl (C=O) groups is 3. The number of likely N-dealkylation sites (tertiary alicyclic amines) is 1. The molecule has 4 aromatic rings. The minimum atomic E-state index is -0.368. The second-order valence-corrected chi connectivity index (χ2v) is 11.8. The fraction of sp³-hybridized carbons (Fsp3) is 0.394. The van der Waals surface area contributed by atoms with Gasteiger partial charge in [0.1, 0.15) is 6.26 Å². The van der Waals surface area contributed by atoms with E-state index >= 15 is 0 Å². The molecule has 3 aliphatic rings. The largest absolute Gasteiger partial charge is 0.448 e. The van der Waals surface area contributed by atoms with Gasteiger partial charge in [0.05, 0.1) is 11.4 Å². The summed E-state index contributed by atoms with van der Waals surface area (Å²) in [6, 6.07) is 13.9. The minimum absolute atomic E-state index is 0.186. The van der Waals surface area contributed by atoms with Crippen LogP contribution in [0.2, 0.25) is 0 Å². The normalized spacial score (nSPS) is 17.0. The lowest BCUT2D eigenvalue weighted by molar-refractivity contribution is -0.127. The number of carbonyl (C=O) groups excluding carboxylic acids is 3. The van der Waals surface area contributed by atoms with Gasteiger partial charge in [0.25, 0.3) is 11.8 Å². The molecule has 2 aliphatic heterocycles. The third kappa shape index (κ3) is 5.86. The molecule has 2 saturated heterocycles. The van der Waals surface area contributed by atoms with Crippen LogP contribution < -0.4 is 20.4 Å². The summed E-state index contributed by atoms with van der Waals surface area (Å²) in [4.78, 5) is 52.5. The van der Waals surface area contributed by atoms with E-state index in [0.717, 1.165) is 63.2 Å². The third-order valence-corrected chi connectivity index (χ3v) is 8.78. The van der Waals surface area contributed by atoms with E-state index in [0.29, 0.717) is 49.0 Å². The number of anilines is 3. The van der Waals surface area contributed by atoms with E-state index < -0.39 is 0 Å². The highest BCUT2D eigenvalue weighted by atomic mass is 16.3. The average Bonchev–Trinajstić information content (AvgIpc) is 3.39. The number of oxazole rings is 1. The Balaban J connectivity index is 1.06. The molecule has 1 saturated carbocycles. The van der Waals surface area contributed by atoms with Crippen LogP contribution in [0.5, 0.6) is 0 Å². The Morgan fingerprint density at radius 3 is 2.57 bits per heavy atom. The molecule has 11 nitrogen and oxygen atoms in total. The summed E-state index contributed by atoms with van der Waals surface area (Å²) in [7, 11) is 0. The van der Waals surface area contributed by atoms with E-state index in [-0.39, 0.29) is 23.4 Å². The Hall–Kier alpha value is -4.80. The van der Waals surface area contributed by atoms with Gasteiger partial charge in [-0.15, -0.1) is 0 Å². The zero-order valence-electron chi connectivity index (χ0n) is 24.7. The van der Waals surface area contributed by atoms with Gasteiger partial charge in [-0.05, 0) is 62.1 Å². The first-order chi connectivity index (χ1) is 21.5.